The van der Waals surface area contributed by atoms with Gasteiger partial charge in [-0.3, -0.25) is 9.59 Å². The van der Waals surface area contributed by atoms with Crippen LogP contribution in [0.3, 0.4) is 0 Å². The van der Waals surface area contributed by atoms with E-state index in [0.29, 0.717) is 23.3 Å². The average molecular weight is 527 g/mol. The summed E-state index contributed by atoms with van der Waals surface area (Å²) < 4.78 is 10.4. The molecule has 1 N–H and O–H groups in total. The van der Waals surface area contributed by atoms with E-state index < -0.39 is 12.2 Å². The highest BCUT2D eigenvalue weighted by atomic mass is 16.5. The third-order valence-corrected chi connectivity index (χ3v) is 5.56. The van der Waals surface area contributed by atoms with Crippen molar-refractivity contribution in [2.75, 3.05) is 19.8 Å². The van der Waals surface area contributed by atoms with Crippen LogP contribution in [0.4, 0.5) is 0 Å². The fourth-order valence-corrected chi connectivity index (χ4v) is 3.62. The maximum Gasteiger partial charge on any atom is 0.196 e. The Balaban J connectivity index is 0.000000235. The summed E-state index contributed by atoms with van der Waals surface area (Å²) >= 11 is 0. The summed E-state index contributed by atoms with van der Waals surface area (Å²) in [5, 5.41) is 9.89. The third kappa shape index (κ3) is 10.8. The summed E-state index contributed by atoms with van der Waals surface area (Å²) in [4.78, 5) is 24.3. The van der Waals surface area contributed by atoms with Gasteiger partial charge in [0.1, 0.15) is 12.2 Å². The van der Waals surface area contributed by atoms with Crippen LogP contribution in [-0.2, 0) is 9.47 Å². The molecule has 0 heterocycles. The highest BCUT2D eigenvalue weighted by molar-refractivity contribution is 6.00. The van der Waals surface area contributed by atoms with Crippen LogP contribution in [0.25, 0.3) is 0 Å². The van der Waals surface area contributed by atoms with Crippen molar-refractivity contribution in [1.82, 2.24) is 0 Å². The van der Waals surface area contributed by atoms with E-state index in [4.69, 9.17) is 9.47 Å². The minimum atomic E-state index is -1.08. The molecule has 0 bridgehead atoms. The summed E-state index contributed by atoms with van der Waals surface area (Å²) in [5.74, 6) is -0.268. The Morgan fingerprint density at radius 3 is 1.33 bits per heavy atom. The maximum atomic E-state index is 12.4. The number of hydrogen-bond donors (Lipinski definition) is 1. The molecule has 4 rings (SSSR count). The number of aliphatic hydroxyl groups is 1. The van der Waals surface area contributed by atoms with Crippen molar-refractivity contribution in [2.24, 2.45) is 0 Å². The number of carbonyl (C=O) groups is 2. The lowest BCUT2D eigenvalue weighted by Crippen LogP contribution is -2.16. The Labute approximate surface area is 232 Å². The summed E-state index contributed by atoms with van der Waals surface area (Å²) in [6.45, 7) is 8.08. The molecule has 0 spiro atoms. The van der Waals surface area contributed by atoms with Gasteiger partial charge in [0.2, 0.25) is 0 Å². The Bertz CT molecular complexity index is 1190. The van der Waals surface area contributed by atoms with Crippen LogP contribution in [-0.4, -0.2) is 36.5 Å². The van der Waals surface area contributed by atoms with Crippen LogP contribution < -0.4 is 0 Å². The topological polar surface area (TPSA) is 72.8 Å². The van der Waals surface area contributed by atoms with E-state index in [-0.39, 0.29) is 11.6 Å². The molecule has 4 aromatic rings. The van der Waals surface area contributed by atoms with Gasteiger partial charge < -0.3 is 14.6 Å². The van der Waals surface area contributed by atoms with Crippen LogP contribution in [0, 0.1) is 0 Å². The number of aliphatic hydroxyl groups excluding tert-OH is 1. The molecule has 5 heteroatoms. The highest BCUT2D eigenvalue weighted by Crippen LogP contribution is 2.22. The van der Waals surface area contributed by atoms with Gasteiger partial charge in [-0.2, -0.15) is 0 Å². The lowest BCUT2D eigenvalue weighted by molar-refractivity contribution is 0.0452. The maximum absolute atomic E-state index is 12.4. The normalized spacial score (nSPS) is 11.6. The van der Waals surface area contributed by atoms with E-state index in [1.807, 2.05) is 93.6 Å². The van der Waals surface area contributed by atoms with E-state index >= 15 is 0 Å². The van der Waals surface area contributed by atoms with Crippen molar-refractivity contribution in [2.45, 2.75) is 33.0 Å². The molecule has 0 aliphatic rings. The number of ketones is 2. The molecule has 0 aliphatic carbocycles. The zero-order chi connectivity index (χ0) is 28.3. The molecule has 2 atom stereocenters. The summed E-state index contributed by atoms with van der Waals surface area (Å²) in [6.07, 6.45) is -1.60. The minimum absolute atomic E-state index is 0.00338. The van der Waals surface area contributed by atoms with Crippen molar-refractivity contribution >= 4 is 11.6 Å². The van der Waals surface area contributed by atoms with Crippen molar-refractivity contribution in [3.8, 4) is 0 Å². The fourth-order valence-electron chi connectivity index (χ4n) is 3.62. The molecule has 2 unspecified atom stereocenters. The van der Waals surface area contributed by atoms with E-state index in [2.05, 4.69) is 0 Å². The summed E-state index contributed by atoms with van der Waals surface area (Å²) in [6, 6.07) is 36.6. The van der Waals surface area contributed by atoms with Crippen LogP contribution in [0.1, 0.15) is 64.8 Å². The van der Waals surface area contributed by atoms with Crippen LogP contribution >= 0.6 is 0 Å². The molecular weight excluding hydrogens is 488 g/mol. The Morgan fingerprint density at radius 1 is 0.564 bits per heavy atom. The number of rotatable bonds is 10. The van der Waals surface area contributed by atoms with Gasteiger partial charge in [0.05, 0.1) is 0 Å². The van der Waals surface area contributed by atoms with Gasteiger partial charge in [-0.1, -0.05) is 121 Å². The van der Waals surface area contributed by atoms with E-state index in [0.717, 1.165) is 18.8 Å². The standard InChI is InChI=1S/C16H16O2.C14H12O2.C4H10O/c1-2-18-16(14-11-7-4-8-12-14)15(17)13-9-5-3-6-10-13;15-13(11-7-3-1-4-8-11)14(16)12-9-5-2-6-10-12;1-3-5-4-2/h3-12,16H,2H2,1H3;1-10,13,15H;3-4H2,1-2H3. The molecular formula is C34H38O5. The SMILES string of the molecule is CCOC(C(=O)c1ccccc1)c1ccccc1.CCOCC.O=C(c1ccccc1)C(O)c1ccccc1. The number of carbonyl (C=O) groups excluding carboxylic acids is 2. The first kappa shape index (κ1) is 31.3. The van der Waals surface area contributed by atoms with E-state index in [1.165, 1.54) is 0 Å². The molecule has 0 amide bonds. The van der Waals surface area contributed by atoms with Crippen LogP contribution in [0.15, 0.2) is 121 Å². The molecule has 0 aliphatic heterocycles. The molecule has 4 aromatic carbocycles. The predicted octanol–water partition coefficient (Wildman–Crippen LogP) is 7.29. The van der Waals surface area contributed by atoms with Gasteiger partial charge in [-0.05, 0) is 31.9 Å². The minimum Gasteiger partial charge on any atom is -0.382 e. The van der Waals surface area contributed by atoms with Crippen LogP contribution in [0.2, 0.25) is 0 Å². The monoisotopic (exact) mass is 526 g/mol. The molecule has 0 aromatic heterocycles. The molecule has 5 nitrogen and oxygen atoms in total. The van der Waals surface area contributed by atoms with E-state index in [1.54, 1.807) is 48.5 Å². The van der Waals surface area contributed by atoms with Gasteiger partial charge in [-0.15, -0.1) is 0 Å². The van der Waals surface area contributed by atoms with Gasteiger partial charge in [0.25, 0.3) is 0 Å². The molecule has 0 fully saturated rings. The smallest absolute Gasteiger partial charge is 0.196 e. The second-order valence-corrected chi connectivity index (χ2v) is 8.30. The van der Waals surface area contributed by atoms with E-state index in [9.17, 15) is 14.7 Å². The van der Waals surface area contributed by atoms with Crippen molar-refractivity contribution in [1.29, 1.82) is 0 Å². The predicted molar refractivity (Wildman–Crippen MR) is 156 cm³/mol. The zero-order valence-corrected chi connectivity index (χ0v) is 22.9. The summed E-state index contributed by atoms with van der Waals surface area (Å²) in [5.41, 5.74) is 2.73. The Hall–Kier alpha value is -3.90. The largest absolute Gasteiger partial charge is 0.382 e. The first-order chi connectivity index (χ1) is 19.0. The second-order valence-electron chi connectivity index (χ2n) is 8.30. The van der Waals surface area contributed by atoms with Gasteiger partial charge >= 0.3 is 0 Å². The van der Waals surface area contributed by atoms with Crippen molar-refractivity contribution < 1.29 is 24.2 Å². The first-order valence-corrected chi connectivity index (χ1v) is 13.2. The number of Topliss-reactive ketones (excluding diaryl/α,β-unsaturated/α-hetero) is 2. The van der Waals surface area contributed by atoms with Gasteiger partial charge in [0, 0.05) is 30.9 Å². The van der Waals surface area contributed by atoms with Crippen LogP contribution in [0.5, 0.6) is 0 Å². The molecule has 0 saturated heterocycles. The number of hydrogen-bond acceptors (Lipinski definition) is 5. The lowest BCUT2D eigenvalue weighted by Gasteiger charge is -2.16. The number of ether oxygens (including phenoxy) is 2. The van der Waals surface area contributed by atoms with Gasteiger partial charge in [0.15, 0.2) is 11.6 Å². The fraction of sp³-hybridized carbons (Fsp3) is 0.235. The molecule has 39 heavy (non-hydrogen) atoms. The molecule has 0 saturated carbocycles. The quantitative estimate of drug-likeness (QED) is 0.220. The van der Waals surface area contributed by atoms with Crippen molar-refractivity contribution in [3.63, 3.8) is 0 Å². The second kappa shape index (κ2) is 18.4. The highest BCUT2D eigenvalue weighted by Gasteiger charge is 2.22. The number of benzene rings is 4. The molecule has 204 valence electrons. The third-order valence-electron chi connectivity index (χ3n) is 5.56. The Morgan fingerprint density at radius 2 is 0.949 bits per heavy atom. The Kier molecular flexibility index (Phi) is 14.8. The van der Waals surface area contributed by atoms with Gasteiger partial charge in [-0.25, -0.2) is 0 Å². The first-order valence-electron chi connectivity index (χ1n) is 13.2. The summed E-state index contributed by atoms with van der Waals surface area (Å²) in [7, 11) is 0. The zero-order valence-electron chi connectivity index (χ0n) is 22.9. The molecule has 0 radical (unpaired) electrons. The lowest BCUT2D eigenvalue weighted by atomic mass is 10.00. The average Bonchev–Trinajstić information content (AvgIpc) is 3.01. The van der Waals surface area contributed by atoms with Crippen molar-refractivity contribution in [3.05, 3.63) is 144 Å².